The van der Waals surface area contributed by atoms with Crippen LogP contribution in [0, 0.1) is 34.5 Å². The minimum absolute atomic E-state index is 0. The molecule has 0 radical (unpaired) electrons. The van der Waals surface area contributed by atoms with E-state index >= 15 is 0 Å². The molecule has 0 aromatic carbocycles. The smallest absolute Gasteiger partial charge is 0.848 e. The van der Waals surface area contributed by atoms with Gasteiger partial charge in [-0.05, 0) is 55.3 Å². The van der Waals surface area contributed by atoms with Gasteiger partial charge in [-0.1, -0.05) is 12.5 Å². The van der Waals surface area contributed by atoms with Gasteiger partial charge < -0.3 is 5.11 Å². The van der Waals surface area contributed by atoms with Gasteiger partial charge in [-0.3, -0.25) is 0 Å². The summed E-state index contributed by atoms with van der Waals surface area (Å²) in [5.41, 5.74) is -0.439. The van der Waals surface area contributed by atoms with Crippen LogP contribution in [0.15, 0.2) is 0 Å². The fraction of sp³-hybridized carbons (Fsp3) is 0.923. The van der Waals surface area contributed by atoms with Gasteiger partial charge in [-0.15, -0.1) is 0 Å². The van der Waals surface area contributed by atoms with Crippen LogP contribution in [0.2, 0.25) is 0 Å². The molecule has 0 N–H and O–H groups in total. The number of hydrogen-bond acceptors (Lipinski definition) is 2. The van der Waals surface area contributed by atoms with Crippen LogP contribution in [0.3, 0.4) is 0 Å². The molecule has 2 atom stereocenters. The van der Waals surface area contributed by atoms with E-state index in [1.165, 1.54) is 6.42 Å². The van der Waals surface area contributed by atoms with Crippen LogP contribution in [0.4, 0.5) is 0 Å². The van der Waals surface area contributed by atoms with Gasteiger partial charge >= 0.3 is 18.9 Å². The number of nitrogens with zero attached hydrogens (tertiary/aromatic N) is 1. The Morgan fingerprint density at radius 1 is 1.25 bits per heavy atom. The van der Waals surface area contributed by atoms with Gasteiger partial charge in [0.2, 0.25) is 0 Å². The Morgan fingerprint density at radius 3 is 2.25 bits per heavy atom. The number of nitriles is 1. The summed E-state index contributed by atoms with van der Waals surface area (Å²) in [4.78, 5) is 0. The topological polar surface area (TPSA) is 46.8 Å². The van der Waals surface area contributed by atoms with E-state index in [2.05, 4.69) is 13.0 Å². The van der Waals surface area contributed by atoms with E-state index in [9.17, 15) is 5.11 Å². The average molecular weight is 211 g/mol. The van der Waals surface area contributed by atoms with Crippen LogP contribution >= 0.6 is 0 Å². The van der Waals surface area contributed by atoms with Gasteiger partial charge in [-0.2, -0.15) is 5.26 Å². The quantitative estimate of drug-likeness (QED) is 0.514. The van der Waals surface area contributed by atoms with E-state index < -0.39 is 5.60 Å². The largest absolute Gasteiger partial charge is 1.00 e. The maximum absolute atomic E-state index is 12.8. The van der Waals surface area contributed by atoms with Crippen molar-refractivity contribution < 1.29 is 24.0 Å². The molecule has 0 saturated heterocycles. The molecule has 4 fully saturated rings. The second-order valence-electron chi connectivity index (χ2n) is 6.44. The molecule has 4 saturated carbocycles. The average Bonchev–Trinajstić information content (AvgIpc) is 2.12. The van der Waals surface area contributed by atoms with Crippen LogP contribution < -0.4 is 24.0 Å². The minimum atomic E-state index is -0.884. The van der Waals surface area contributed by atoms with Crippen LogP contribution in [-0.4, -0.2) is 5.60 Å². The second kappa shape index (κ2) is 3.77. The molecule has 4 rings (SSSR count). The molecule has 0 spiro atoms. The van der Waals surface area contributed by atoms with Crippen molar-refractivity contribution in [3.8, 4) is 6.07 Å². The molecule has 4 aliphatic rings. The van der Waals surface area contributed by atoms with Crippen LogP contribution in [0.1, 0.15) is 45.4 Å². The van der Waals surface area contributed by atoms with Gasteiger partial charge in [0, 0.05) is 6.42 Å². The van der Waals surface area contributed by atoms with Crippen molar-refractivity contribution in [1.82, 2.24) is 0 Å². The van der Waals surface area contributed by atoms with Gasteiger partial charge in [0.05, 0.1) is 6.07 Å². The minimum Gasteiger partial charge on any atom is -0.848 e. The first-order valence-corrected chi connectivity index (χ1v) is 6.13. The van der Waals surface area contributed by atoms with E-state index in [1.807, 2.05) is 0 Å². The predicted octanol–water partition coefficient (Wildman–Crippen LogP) is -1.15. The van der Waals surface area contributed by atoms with Crippen LogP contribution in [0.5, 0.6) is 0 Å². The third kappa shape index (κ3) is 1.57. The van der Waals surface area contributed by atoms with Crippen molar-refractivity contribution in [2.24, 2.45) is 23.2 Å². The normalized spacial score (nSPS) is 53.2. The van der Waals surface area contributed by atoms with E-state index in [1.54, 1.807) is 0 Å². The van der Waals surface area contributed by atoms with E-state index in [0.717, 1.165) is 31.6 Å². The van der Waals surface area contributed by atoms with Crippen molar-refractivity contribution in [3.63, 3.8) is 0 Å². The maximum Gasteiger partial charge on any atom is 1.00 e. The summed E-state index contributed by atoms with van der Waals surface area (Å²) in [6, 6.07) is 2.14. The van der Waals surface area contributed by atoms with E-state index in [4.69, 9.17) is 5.26 Å². The summed E-state index contributed by atoms with van der Waals surface area (Å²) in [6.07, 6.45) is 5.97. The predicted molar refractivity (Wildman–Crippen MR) is 54.6 cm³/mol. The summed E-state index contributed by atoms with van der Waals surface area (Å²) in [7, 11) is 0. The molecule has 82 valence electrons. The van der Waals surface area contributed by atoms with E-state index in [0.29, 0.717) is 17.3 Å². The number of hydrogen-bond donors (Lipinski definition) is 0. The van der Waals surface area contributed by atoms with Gasteiger partial charge in [0.15, 0.2) is 0 Å². The Bertz CT molecular complexity index is 319. The molecule has 4 aliphatic carbocycles. The van der Waals surface area contributed by atoms with Crippen molar-refractivity contribution in [1.29, 1.82) is 5.26 Å². The summed E-state index contributed by atoms with van der Waals surface area (Å²) >= 11 is 0. The van der Waals surface area contributed by atoms with Gasteiger partial charge in [0.1, 0.15) is 0 Å². The monoisotopic (exact) mass is 211 g/mol. The zero-order chi connectivity index (χ0) is 10.7. The molecule has 2 unspecified atom stereocenters. The first-order chi connectivity index (χ1) is 7.06. The summed E-state index contributed by atoms with van der Waals surface area (Å²) in [5, 5.41) is 21.6. The Labute approximate surface area is 110 Å². The molecule has 0 amide bonds. The summed E-state index contributed by atoms with van der Waals surface area (Å²) in [5.74, 6) is 1.40. The fourth-order valence-electron chi connectivity index (χ4n) is 4.86. The van der Waals surface area contributed by atoms with Crippen molar-refractivity contribution in [3.05, 3.63) is 0 Å². The third-order valence-electron chi connectivity index (χ3n) is 5.23. The fourth-order valence-corrected chi connectivity index (χ4v) is 4.86. The standard InChI is InChI=1S/C13H18NO.Li/c1-12-6-9-4-10(7-12)13(15,2-3-14)11(5-9)8-12;/h9-11H,2,4-8H2,1H3;/q-1;+1. The van der Waals surface area contributed by atoms with Crippen LogP contribution in [-0.2, 0) is 0 Å². The Kier molecular flexibility index (Phi) is 2.95. The maximum atomic E-state index is 12.8. The molecule has 3 heteroatoms. The molecule has 0 aromatic heterocycles. The summed E-state index contributed by atoms with van der Waals surface area (Å²) in [6.45, 7) is 2.35. The second-order valence-corrected chi connectivity index (χ2v) is 6.44. The van der Waals surface area contributed by atoms with Crippen molar-refractivity contribution in [2.45, 2.75) is 51.0 Å². The molecule has 2 nitrogen and oxygen atoms in total. The molecule has 0 aliphatic heterocycles. The van der Waals surface area contributed by atoms with Gasteiger partial charge in [-0.25, -0.2) is 0 Å². The first kappa shape index (κ1) is 12.5. The summed E-state index contributed by atoms with van der Waals surface area (Å²) < 4.78 is 0. The first-order valence-electron chi connectivity index (χ1n) is 6.13. The molecular formula is C13H18LiNO. The Morgan fingerprint density at radius 2 is 1.81 bits per heavy atom. The molecule has 16 heavy (non-hydrogen) atoms. The zero-order valence-electron chi connectivity index (χ0n) is 10.3. The van der Waals surface area contributed by atoms with Crippen molar-refractivity contribution in [2.75, 3.05) is 0 Å². The van der Waals surface area contributed by atoms with E-state index in [-0.39, 0.29) is 25.3 Å². The third-order valence-corrected chi connectivity index (χ3v) is 5.23. The molecule has 0 heterocycles. The van der Waals surface area contributed by atoms with Gasteiger partial charge in [0.25, 0.3) is 0 Å². The zero-order valence-corrected chi connectivity index (χ0v) is 10.3. The SMILES string of the molecule is CC12CC3CC(C1)C([O-])(CC#N)C(C3)C2.[Li+]. The molecular weight excluding hydrogens is 193 g/mol. The van der Waals surface area contributed by atoms with Crippen LogP contribution in [0.25, 0.3) is 0 Å². The van der Waals surface area contributed by atoms with Crippen molar-refractivity contribution >= 4 is 0 Å². The number of rotatable bonds is 1. The Hall–Kier alpha value is 0.0474. The Balaban J connectivity index is 0.000000963. The molecule has 4 bridgehead atoms. The molecule has 0 aromatic rings.